The van der Waals surface area contributed by atoms with Crippen LogP contribution in [0.3, 0.4) is 0 Å². The number of hydrogen-bond donors (Lipinski definition) is 1. The van der Waals surface area contributed by atoms with Crippen molar-refractivity contribution in [1.29, 1.82) is 0 Å². The highest BCUT2D eigenvalue weighted by Gasteiger charge is 2.44. The van der Waals surface area contributed by atoms with Crippen molar-refractivity contribution in [2.24, 2.45) is 5.41 Å². The van der Waals surface area contributed by atoms with Gasteiger partial charge in [0.05, 0.1) is 32.0 Å². The molecular formula is C33H41FN8O3. The predicted molar refractivity (Wildman–Crippen MR) is 169 cm³/mol. The lowest BCUT2D eigenvalue weighted by Gasteiger charge is -2.34. The van der Waals surface area contributed by atoms with E-state index >= 15 is 0 Å². The summed E-state index contributed by atoms with van der Waals surface area (Å²) < 4.78 is 29.0. The third kappa shape index (κ3) is 5.77. The Balaban J connectivity index is 1.24. The molecule has 3 aliphatic rings. The van der Waals surface area contributed by atoms with Gasteiger partial charge in [-0.1, -0.05) is 13.0 Å². The molecular weight excluding hydrogens is 575 g/mol. The minimum atomic E-state index is -0.231. The van der Waals surface area contributed by atoms with Crippen molar-refractivity contribution in [3.63, 3.8) is 0 Å². The number of nitrogens with zero attached hydrogens (tertiary/aromatic N) is 8. The number of aromatic hydroxyl groups is 1. The first-order chi connectivity index (χ1) is 21.7. The predicted octanol–water partition coefficient (Wildman–Crippen LogP) is 4.08. The molecule has 4 aromatic rings. The van der Waals surface area contributed by atoms with Crippen LogP contribution in [0.2, 0.25) is 0 Å². The Labute approximate surface area is 262 Å². The van der Waals surface area contributed by atoms with Crippen LogP contribution in [0.1, 0.15) is 48.2 Å². The summed E-state index contributed by atoms with van der Waals surface area (Å²) in [6.07, 6.45) is 3.48. The van der Waals surface area contributed by atoms with Gasteiger partial charge < -0.3 is 33.8 Å². The molecule has 1 N–H and O–H groups in total. The summed E-state index contributed by atoms with van der Waals surface area (Å²) in [6, 6.07) is 7.03. The summed E-state index contributed by atoms with van der Waals surface area (Å²) in [5.41, 5.74) is 3.52. The average Bonchev–Trinajstić information content (AvgIpc) is 3.67. The van der Waals surface area contributed by atoms with Gasteiger partial charge in [-0.15, -0.1) is 10.2 Å². The van der Waals surface area contributed by atoms with Crippen molar-refractivity contribution in [2.75, 3.05) is 57.2 Å². The number of aryl methyl sites for hydroxylation is 1. The Morgan fingerprint density at radius 1 is 1.11 bits per heavy atom. The lowest BCUT2D eigenvalue weighted by Crippen LogP contribution is -2.34. The van der Waals surface area contributed by atoms with Crippen LogP contribution in [-0.4, -0.2) is 82.2 Å². The van der Waals surface area contributed by atoms with Crippen molar-refractivity contribution >= 4 is 22.3 Å². The number of ether oxygens (including phenoxy) is 2. The van der Waals surface area contributed by atoms with Gasteiger partial charge in [-0.05, 0) is 62.9 Å². The monoisotopic (exact) mass is 616 g/mol. The third-order valence-corrected chi connectivity index (χ3v) is 9.30. The molecule has 11 nitrogen and oxygen atoms in total. The van der Waals surface area contributed by atoms with Gasteiger partial charge in [-0.3, -0.25) is 0 Å². The molecule has 0 amide bonds. The molecule has 4 heterocycles. The lowest BCUT2D eigenvalue weighted by molar-refractivity contribution is 0.0806. The van der Waals surface area contributed by atoms with Crippen molar-refractivity contribution in [2.45, 2.75) is 58.8 Å². The summed E-state index contributed by atoms with van der Waals surface area (Å²) in [4.78, 5) is 16.5. The van der Waals surface area contributed by atoms with Gasteiger partial charge in [0.2, 0.25) is 0 Å². The van der Waals surface area contributed by atoms with Crippen LogP contribution < -0.4 is 14.5 Å². The zero-order valence-electron chi connectivity index (χ0n) is 26.5. The number of hydrogen-bond acceptors (Lipinski definition) is 10. The Morgan fingerprint density at radius 3 is 2.73 bits per heavy atom. The number of phenols is 1. The van der Waals surface area contributed by atoms with Crippen molar-refractivity contribution in [1.82, 2.24) is 29.6 Å². The molecule has 1 fully saturated rings. The summed E-state index contributed by atoms with van der Waals surface area (Å²) in [5, 5.41) is 21.1. The molecule has 2 aromatic carbocycles. The van der Waals surface area contributed by atoms with Gasteiger partial charge in [0, 0.05) is 54.8 Å². The van der Waals surface area contributed by atoms with E-state index in [0.717, 1.165) is 71.1 Å². The van der Waals surface area contributed by atoms with Crippen LogP contribution in [0, 0.1) is 11.2 Å². The first-order valence-electron chi connectivity index (χ1n) is 15.8. The lowest BCUT2D eigenvalue weighted by atomic mass is 9.97. The number of halogens is 1. The molecule has 7 rings (SSSR count). The second-order valence-electron chi connectivity index (χ2n) is 13.0. The van der Waals surface area contributed by atoms with Crippen LogP contribution in [0.25, 0.3) is 10.8 Å². The summed E-state index contributed by atoms with van der Waals surface area (Å²) in [5.74, 6) is 2.45. The Hall–Kier alpha value is -4.03. The first kappa shape index (κ1) is 29.7. The number of fused-ring (bicyclic) bond motifs is 3. The van der Waals surface area contributed by atoms with E-state index in [9.17, 15) is 9.50 Å². The maximum absolute atomic E-state index is 15.0. The maximum Gasteiger partial charge on any atom is 0.318 e. The van der Waals surface area contributed by atoms with Gasteiger partial charge in [0.1, 0.15) is 24.0 Å². The molecule has 45 heavy (non-hydrogen) atoms. The van der Waals surface area contributed by atoms with Crippen LogP contribution >= 0.6 is 0 Å². The van der Waals surface area contributed by atoms with E-state index in [2.05, 4.69) is 43.6 Å². The van der Waals surface area contributed by atoms with Crippen molar-refractivity contribution in [3.05, 3.63) is 58.6 Å². The third-order valence-electron chi connectivity index (χ3n) is 9.30. The highest BCUT2D eigenvalue weighted by atomic mass is 19.1. The molecule has 0 spiro atoms. The SMILES string of the molecule is CCc1c(F)ccc2cc(O)cc(N3CCc4c(nc(OCC5(CN(C)C)CC5)nc4N(C)Cc4nnc5n4CCOC5)C3)c12. The topological polar surface area (TPSA) is 105 Å². The maximum atomic E-state index is 15.0. The zero-order valence-corrected chi connectivity index (χ0v) is 26.5. The first-order valence-corrected chi connectivity index (χ1v) is 15.8. The molecule has 0 saturated heterocycles. The Kier molecular flexibility index (Phi) is 7.73. The standard InChI is InChI=1S/C33H41FN8O3/c1-5-23-25(34)7-6-21-14-22(43)15-27(30(21)23)41-11-8-24-26(16-41)35-32(45-20-33(9-10-33)19-39(2)3)36-31(24)40(4)17-28-37-38-29-18-44-13-12-42(28)29/h6-7,14-15,43H,5,8-13,16-20H2,1-4H3. The van der Waals surface area contributed by atoms with E-state index in [1.54, 1.807) is 18.2 Å². The minimum absolute atomic E-state index is 0.130. The van der Waals surface area contributed by atoms with Crippen LogP contribution in [0.5, 0.6) is 11.8 Å². The Morgan fingerprint density at radius 2 is 1.96 bits per heavy atom. The molecule has 0 radical (unpaired) electrons. The largest absolute Gasteiger partial charge is 0.508 e. The molecule has 0 atom stereocenters. The molecule has 238 valence electrons. The quantitative estimate of drug-likeness (QED) is 0.280. The number of anilines is 2. The average molecular weight is 617 g/mol. The molecule has 0 unspecified atom stereocenters. The van der Waals surface area contributed by atoms with E-state index in [1.165, 1.54) is 6.07 Å². The van der Waals surface area contributed by atoms with Gasteiger partial charge in [0.25, 0.3) is 0 Å². The summed E-state index contributed by atoms with van der Waals surface area (Å²) in [6.45, 7) is 6.99. The number of phenolic OH excluding ortho intramolecular Hbond substituents is 1. The summed E-state index contributed by atoms with van der Waals surface area (Å²) >= 11 is 0. The number of rotatable bonds is 10. The van der Waals surface area contributed by atoms with E-state index in [-0.39, 0.29) is 17.0 Å². The molecule has 2 aromatic heterocycles. The van der Waals surface area contributed by atoms with Crippen LogP contribution in [0.15, 0.2) is 24.3 Å². The molecule has 2 aliphatic heterocycles. The second-order valence-corrected chi connectivity index (χ2v) is 13.0. The molecule has 1 saturated carbocycles. The van der Waals surface area contributed by atoms with Gasteiger partial charge in [0.15, 0.2) is 11.6 Å². The van der Waals surface area contributed by atoms with E-state index in [4.69, 9.17) is 19.4 Å². The van der Waals surface area contributed by atoms with Gasteiger partial charge >= 0.3 is 6.01 Å². The van der Waals surface area contributed by atoms with E-state index < -0.39 is 0 Å². The van der Waals surface area contributed by atoms with Crippen LogP contribution in [0.4, 0.5) is 15.9 Å². The van der Waals surface area contributed by atoms with Crippen molar-refractivity contribution < 1.29 is 19.0 Å². The normalized spacial score (nSPS) is 17.0. The summed E-state index contributed by atoms with van der Waals surface area (Å²) in [7, 11) is 6.20. The highest BCUT2D eigenvalue weighted by molar-refractivity contribution is 5.98. The van der Waals surface area contributed by atoms with Crippen molar-refractivity contribution in [3.8, 4) is 11.8 Å². The van der Waals surface area contributed by atoms with Gasteiger partial charge in [-0.25, -0.2) is 4.39 Å². The fraction of sp³-hybridized carbons (Fsp3) is 0.515. The van der Waals surface area contributed by atoms with E-state index in [1.807, 2.05) is 14.0 Å². The Bertz CT molecular complexity index is 1740. The molecule has 1 aliphatic carbocycles. The smallest absolute Gasteiger partial charge is 0.318 e. The fourth-order valence-corrected chi connectivity index (χ4v) is 6.92. The van der Waals surface area contributed by atoms with Gasteiger partial charge in [-0.2, -0.15) is 9.97 Å². The highest BCUT2D eigenvalue weighted by Crippen LogP contribution is 2.46. The van der Waals surface area contributed by atoms with E-state index in [0.29, 0.717) is 63.9 Å². The second kappa shape index (κ2) is 11.7. The zero-order chi connectivity index (χ0) is 31.3. The molecule has 0 bridgehead atoms. The number of benzene rings is 2. The molecule has 12 heteroatoms. The van der Waals surface area contributed by atoms with Crippen LogP contribution in [-0.2, 0) is 43.8 Å². The number of aromatic nitrogens is 5. The minimum Gasteiger partial charge on any atom is -0.508 e. The fourth-order valence-electron chi connectivity index (χ4n) is 6.92.